The number of nitrogens with one attached hydrogen (secondary N) is 1. The smallest absolute Gasteiger partial charge is 0.277 e. The van der Waals surface area contributed by atoms with Crippen molar-refractivity contribution in [2.45, 2.75) is 13.0 Å². The molecular weight excluding hydrogens is 266 g/mol. The minimum absolute atomic E-state index is 0.0498. The highest BCUT2D eigenvalue weighted by atomic mass is 16.6. The molecule has 1 unspecified atom stereocenters. The molecule has 0 aliphatic rings. The Morgan fingerprint density at radius 3 is 2.85 bits per heavy atom. The minimum Gasteiger partial charge on any atom is -0.379 e. The fourth-order valence-corrected chi connectivity index (χ4v) is 1.61. The first-order valence-corrected chi connectivity index (χ1v) is 5.62. The van der Waals surface area contributed by atoms with Gasteiger partial charge < -0.3 is 11.1 Å². The molecule has 1 amide bonds. The van der Waals surface area contributed by atoms with Crippen LogP contribution < -0.4 is 11.1 Å². The van der Waals surface area contributed by atoms with Gasteiger partial charge in [0.25, 0.3) is 11.6 Å². The number of rotatable bonds is 4. The molecule has 0 spiro atoms. The fourth-order valence-electron chi connectivity index (χ4n) is 1.61. The Hall–Kier alpha value is -2.97. The van der Waals surface area contributed by atoms with Crippen molar-refractivity contribution in [1.29, 1.82) is 0 Å². The van der Waals surface area contributed by atoms with Gasteiger partial charge in [0.2, 0.25) is 11.5 Å². The zero-order valence-corrected chi connectivity index (χ0v) is 10.4. The number of carbonyl (C=O) groups excluding carboxylic acids is 1. The predicted octanol–water partition coefficient (Wildman–Crippen LogP) is 1.05. The molecule has 104 valence electrons. The van der Waals surface area contributed by atoms with Crippen molar-refractivity contribution >= 4 is 17.4 Å². The van der Waals surface area contributed by atoms with Crippen molar-refractivity contribution in [1.82, 2.24) is 15.6 Å². The van der Waals surface area contributed by atoms with Crippen LogP contribution in [0.15, 0.2) is 28.9 Å². The van der Waals surface area contributed by atoms with E-state index >= 15 is 0 Å². The van der Waals surface area contributed by atoms with Gasteiger partial charge in [-0.15, -0.1) is 0 Å². The lowest BCUT2D eigenvalue weighted by Gasteiger charge is -2.12. The molecule has 9 heteroatoms. The van der Waals surface area contributed by atoms with E-state index in [9.17, 15) is 14.9 Å². The van der Waals surface area contributed by atoms with Crippen LogP contribution in [0.5, 0.6) is 0 Å². The van der Waals surface area contributed by atoms with E-state index in [0.717, 1.165) is 0 Å². The highest BCUT2D eigenvalue weighted by Crippen LogP contribution is 2.19. The van der Waals surface area contributed by atoms with Crippen LogP contribution in [0.1, 0.15) is 29.0 Å². The maximum absolute atomic E-state index is 11.8. The SMILES string of the molecule is CC(NC(=O)c1nonc1N)c1cccc([N+](=O)[O-])c1. The highest BCUT2D eigenvalue weighted by Gasteiger charge is 2.19. The summed E-state index contributed by atoms with van der Waals surface area (Å²) in [7, 11) is 0. The van der Waals surface area contributed by atoms with E-state index in [1.165, 1.54) is 12.1 Å². The number of carbonyl (C=O) groups is 1. The first-order valence-electron chi connectivity index (χ1n) is 5.62. The molecule has 2 aromatic rings. The Labute approximate surface area is 112 Å². The van der Waals surface area contributed by atoms with Crippen LogP contribution in [-0.4, -0.2) is 21.1 Å². The number of nitrogens with two attached hydrogens (primary N) is 1. The summed E-state index contributed by atoms with van der Waals surface area (Å²) in [4.78, 5) is 22.0. The Bertz CT molecular complexity index is 654. The number of nitro benzene ring substituents is 1. The highest BCUT2D eigenvalue weighted by molar-refractivity contribution is 5.96. The zero-order valence-electron chi connectivity index (χ0n) is 10.4. The molecule has 1 atom stereocenters. The quantitative estimate of drug-likeness (QED) is 0.629. The number of nitrogens with zero attached hydrogens (tertiary/aromatic N) is 3. The molecule has 0 saturated heterocycles. The van der Waals surface area contributed by atoms with Crippen molar-refractivity contribution in [2.75, 3.05) is 5.73 Å². The molecule has 0 saturated carbocycles. The third kappa shape index (κ3) is 2.71. The van der Waals surface area contributed by atoms with E-state index in [4.69, 9.17) is 5.73 Å². The van der Waals surface area contributed by atoms with E-state index in [1.807, 2.05) is 0 Å². The minimum atomic E-state index is -0.567. The maximum Gasteiger partial charge on any atom is 0.277 e. The summed E-state index contributed by atoms with van der Waals surface area (Å²) in [6.07, 6.45) is 0. The van der Waals surface area contributed by atoms with Crippen LogP contribution in [0.2, 0.25) is 0 Å². The van der Waals surface area contributed by atoms with Crippen LogP contribution in [0.4, 0.5) is 11.5 Å². The Morgan fingerprint density at radius 1 is 1.50 bits per heavy atom. The monoisotopic (exact) mass is 277 g/mol. The lowest BCUT2D eigenvalue weighted by Crippen LogP contribution is -2.27. The molecule has 1 aromatic carbocycles. The molecule has 0 radical (unpaired) electrons. The molecule has 0 fully saturated rings. The number of nitrogen functional groups attached to an aromatic ring is 1. The Balaban J connectivity index is 2.14. The number of hydrogen-bond acceptors (Lipinski definition) is 7. The summed E-state index contributed by atoms with van der Waals surface area (Å²) < 4.78 is 4.33. The lowest BCUT2D eigenvalue weighted by molar-refractivity contribution is -0.384. The van der Waals surface area contributed by atoms with E-state index in [-0.39, 0.29) is 17.2 Å². The lowest BCUT2D eigenvalue weighted by atomic mass is 10.1. The van der Waals surface area contributed by atoms with Gasteiger partial charge in [0.1, 0.15) is 0 Å². The fraction of sp³-hybridized carbons (Fsp3) is 0.182. The summed E-state index contributed by atoms with van der Waals surface area (Å²) in [5.74, 6) is -0.684. The van der Waals surface area contributed by atoms with Crippen molar-refractivity contribution in [3.05, 3.63) is 45.6 Å². The molecule has 9 nitrogen and oxygen atoms in total. The van der Waals surface area contributed by atoms with E-state index in [2.05, 4.69) is 20.3 Å². The second-order valence-corrected chi connectivity index (χ2v) is 4.05. The average Bonchev–Trinajstić information content (AvgIpc) is 2.85. The number of anilines is 1. The molecule has 20 heavy (non-hydrogen) atoms. The molecule has 0 bridgehead atoms. The van der Waals surface area contributed by atoms with Crippen molar-refractivity contribution < 1.29 is 14.3 Å². The maximum atomic E-state index is 11.8. The Morgan fingerprint density at radius 2 is 2.25 bits per heavy atom. The van der Waals surface area contributed by atoms with Crippen LogP contribution in [0.3, 0.4) is 0 Å². The molecule has 0 aliphatic heterocycles. The van der Waals surface area contributed by atoms with Gasteiger partial charge in [-0.2, -0.15) is 0 Å². The number of nitro groups is 1. The van der Waals surface area contributed by atoms with E-state index in [1.54, 1.807) is 19.1 Å². The van der Waals surface area contributed by atoms with Crippen molar-refractivity contribution in [3.63, 3.8) is 0 Å². The third-order valence-electron chi connectivity index (χ3n) is 2.66. The van der Waals surface area contributed by atoms with E-state index < -0.39 is 16.9 Å². The number of non-ortho nitro benzene ring substituents is 1. The second-order valence-electron chi connectivity index (χ2n) is 4.05. The Kier molecular flexibility index (Phi) is 3.60. The summed E-state index contributed by atoms with van der Waals surface area (Å²) in [5, 5.41) is 20.0. The van der Waals surface area contributed by atoms with Gasteiger partial charge in [-0.3, -0.25) is 14.9 Å². The first kappa shape index (κ1) is 13.5. The molecule has 1 heterocycles. The van der Waals surface area contributed by atoms with Crippen LogP contribution >= 0.6 is 0 Å². The summed E-state index contributed by atoms with van der Waals surface area (Å²) in [6.45, 7) is 1.68. The van der Waals surface area contributed by atoms with Crippen molar-refractivity contribution in [2.24, 2.45) is 0 Å². The number of amides is 1. The van der Waals surface area contributed by atoms with Crippen LogP contribution in [-0.2, 0) is 0 Å². The molecular formula is C11H11N5O4. The second kappa shape index (κ2) is 5.34. The summed E-state index contributed by atoms with van der Waals surface area (Å²) >= 11 is 0. The predicted molar refractivity (Wildman–Crippen MR) is 67.7 cm³/mol. The van der Waals surface area contributed by atoms with Gasteiger partial charge in [0, 0.05) is 12.1 Å². The zero-order chi connectivity index (χ0) is 14.7. The van der Waals surface area contributed by atoms with Crippen molar-refractivity contribution in [3.8, 4) is 0 Å². The number of benzene rings is 1. The standard InChI is InChI=1S/C11H11N5O4/c1-6(7-3-2-4-8(5-7)16(18)19)13-11(17)9-10(12)15-20-14-9/h2-6H,1H3,(H2,12,15)(H,13,17). The number of hydrogen-bond donors (Lipinski definition) is 2. The van der Waals surface area contributed by atoms with Gasteiger partial charge in [0.15, 0.2) is 0 Å². The molecule has 2 rings (SSSR count). The van der Waals surface area contributed by atoms with Gasteiger partial charge >= 0.3 is 0 Å². The van der Waals surface area contributed by atoms with Crippen LogP contribution in [0.25, 0.3) is 0 Å². The first-order chi connectivity index (χ1) is 9.49. The third-order valence-corrected chi connectivity index (χ3v) is 2.66. The van der Waals surface area contributed by atoms with E-state index in [0.29, 0.717) is 5.56 Å². The molecule has 3 N–H and O–H groups in total. The van der Waals surface area contributed by atoms with Gasteiger partial charge in [-0.05, 0) is 22.8 Å². The van der Waals surface area contributed by atoms with Gasteiger partial charge in [-0.25, -0.2) is 4.63 Å². The largest absolute Gasteiger partial charge is 0.379 e. The topological polar surface area (TPSA) is 137 Å². The summed E-state index contributed by atoms with van der Waals surface area (Å²) in [5.41, 5.74) is 5.82. The summed E-state index contributed by atoms with van der Waals surface area (Å²) in [6, 6.07) is 5.51. The van der Waals surface area contributed by atoms with Crippen LogP contribution in [0, 0.1) is 10.1 Å². The molecule has 1 aromatic heterocycles. The normalized spacial score (nSPS) is 11.8. The average molecular weight is 277 g/mol. The molecule has 0 aliphatic carbocycles. The van der Waals surface area contributed by atoms with Gasteiger partial charge in [0.05, 0.1) is 11.0 Å². The van der Waals surface area contributed by atoms with Gasteiger partial charge in [-0.1, -0.05) is 12.1 Å². The number of aromatic nitrogens is 2.